The summed E-state index contributed by atoms with van der Waals surface area (Å²) in [4.78, 5) is 28.2. The van der Waals surface area contributed by atoms with E-state index in [1.165, 1.54) is 23.5 Å². The van der Waals surface area contributed by atoms with E-state index in [1.807, 2.05) is 9.95 Å². The maximum atomic E-state index is 14.9. The molecule has 150 valence electrons. The molecule has 0 unspecified atom stereocenters. The highest BCUT2D eigenvalue weighted by Crippen LogP contribution is 2.37. The van der Waals surface area contributed by atoms with Crippen LogP contribution in [0, 0.1) is 5.82 Å². The number of aliphatic carboxylic acids is 1. The fourth-order valence-corrected chi connectivity index (χ4v) is 4.32. The predicted octanol–water partition coefficient (Wildman–Crippen LogP) is 4.74. The van der Waals surface area contributed by atoms with Crippen LogP contribution in [0.5, 0.6) is 0 Å². The minimum Gasteiger partial charge on any atom is -0.478 e. The van der Waals surface area contributed by atoms with Gasteiger partial charge in [0.1, 0.15) is 5.82 Å². The molecule has 2 aromatic heterocycles. The number of pyridine rings is 1. The van der Waals surface area contributed by atoms with Gasteiger partial charge in [-0.05, 0) is 42.5 Å². The second kappa shape index (κ2) is 7.55. The lowest BCUT2D eigenvalue weighted by Gasteiger charge is -2.13. The van der Waals surface area contributed by atoms with Gasteiger partial charge in [-0.15, -0.1) is 11.3 Å². The Morgan fingerprint density at radius 1 is 1.41 bits per heavy atom. The molecule has 1 fully saturated rings. The second-order valence-corrected chi connectivity index (χ2v) is 8.62. The number of hydrogen-bond acceptors (Lipinski definition) is 4. The summed E-state index contributed by atoms with van der Waals surface area (Å²) < 4.78 is 16.8. The molecule has 1 N–H and O–H groups in total. The summed E-state index contributed by atoms with van der Waals surface area (Å²) in [6, 6.07) is 3.27. The lowest BCUT2D eigenvalue weighted by Crippen LogP contribution is -2.13. The molecule has 4 rings (SSSR count). The van der Waals surface area contributed by atoms with Crippen molar-refractivity contribution in [1.82, 2.24) is 9.55 Å². The van der Waals surface area contributed by atoms with E-state index in [0.29, 0.717) is 23.4 Å². The van der Waals surface area contributed by atoms with E-state index >= 15 is 0 Å². The van der Waals surface area contributed by atoms with E-state index in [2.05, 4.69) is 18.8 Å². The summed E-state index contributed by atoms with van der Waals surface area (Å²) in [6.07, 6.45) is 6.23. The monoisotopic (exact) mass is 412 g/mol. The Hall–Kier alpha value is -2.80. The van der Waals surface area contributed by atoms with Crippen LogP contribution in [-0.4, -0.2) is 20.6 Å². The lowest BCUT2D eigenvalue weighted by atomic mass is 10.0. The van der Waals surface area contributed by atoms with Crippen LogP contribution < -0.4 is 5.43 Å². The molecule has 0 radical (unpaired) electrons. The van der Waals surface area contributed by atoms with Crippen LogP contribution in [0.4, 0.5) is 4.39 Å². The number of aromatic nitrogens is 2. The zero-order valence-electron chi connectivity index (χ0n) is 16.2. The highest BCUT2D eigenvalue weighted by molar-refractivity contribution is 7.09. The molecule has 5 nitrogen and oxygen atoms in total. The van der Waals surface area contributed by atoms with Crippen molar-refractivity contribution in [3.8, 4) is 0 Å². The number of fused-ring (bicyclic) bond motifs is 1. The SMILES string of the molecule is CC(C)c1csc(Cc2cc3c(cc2F)c(=O)c(/C=C/C(=O)O)cn3C2CC2)n1. The standard InChI is InChI=1S/C22H21FN2O3S/c1-12(2)18-11-29-20(24-18)8-14-7-19-16(9-17(14)23)22(28)13(3-6-21(26)27)10-25(19)15-4-5-15/h3,6-7,9-12,15H,4-5,8H2,1-2H3,(H,26,27)/b6-3+. The van der Waals surface area contributed by atoms with Gasteiger partial charge in [-0.2, -0.15) is 0 Å². The molecule has 0 amide bonds. The number of benzene rings is 1. The molecule has 0 aliphatic heterocycles. The zero-order valence-corrected chi connectivity index (χ0v) is 17.0. The van der Waals surface area contributed by atoms with Crippen molar-refractivity contribution in [3.05, 3.63) is 67.7 Å². The van der Waals surface area contributed by atoms with Gasteiger partial charge in [0.15, 0.2) is 5.43 Å². The summed E-state index contributed by atoms with van der Waals surface area (Å²) in [5.74, 6) is -1.26. The summed E-state index contributed by atoms with van der Waals surface area (Å²) in [6.45, 7) is 4.14. The fourth-order valence-electron chi connectivity index (χ4n) is 3.34. The number of nitrogens with zero attached hydrogens (tertiary/aromatic N) is 2. The molecule has 29 heavy (non-hydrogen) atoms. The smallest absolute Gasteiger partial charge is 0.328 e. The average molecular weight is 412 g/mol. The quantitative estimate of drug-likeness (QED) is 0.594. The summed E-state index contributed by atoms with van der Waals surface area (Å²) in [5.41, 5.74) is 2.07. The second-order valence-electron chi connectivity index (χ2n) is 7.68. The van der Waals surface area contributed by atoms with Gasteiger partial charge < -0.3 is 9.67 Å². The van der Waals surface area contributed by atoms with Crippen LogP contribution in [0.1, 0.15) is 60.5 Å². The number of halogens is 1. The minimum atomic E-state index is -1.13. The van der Waals surface area contributed by atoms with Gasteiger partial charge in [0.05, 0.1) is 16.2 Å². The van der Waals surface area contributed by atoms with Gasteiger partial charge in [-0.1, -0.05) is 13.8 Å². The molecule has 0 spiro atoms. The van der Waals surface area contributed by atoms with Crippen LogP contribution in [0.15, 0.2) is 34.6 Å². The van der Waals surface area contributed by atoms with Crippen molar-refractivity contribution in [2.45, 2.75) is 45.1 Å². The average Bonchev–Trinajstić information content (AvgIpc) is 3.40. The van der Waals surface area contributed by atoms with E-state index in [4.69, 9.17) is 5.11 Å². The van der Waals surface area contributed by atoms with E-state index in [0.717, 1.165) is 29.6 Å². The van der Waals surface area contributed by atoms with E-state index in [1.54, 1.807) is 12.3 Å². The molecule has 1 saturated carbocycles. The molecular weight excluding hydrogens is 391 g/mol. The Bertz CT molecular complexity index is 1190. The Balaban J connectivity index is 1.81. The van der Waals surface area contributed by atoms with Crippen LogP contribution in [-0.2, 0) is 11.2 Å². The largest absolute Gasteiger partial charge is 0.478 e. The molecule has 2 heterocycles. The van der Waals surface area contributed by atoms with Crippen molar-refractivity contribution in [2.75, 3.05) is 0 Å². The van der Waals surface area contributed by atoms with Crippen molar-refractivity contribution in [3.63, 3.8) is 0 Å². The van der Waals surface area contributed by atoms with Crippen LogP contribution in [0.3, 0.4) is 0 Å². The van der Waals surface area contributed by atoms with Crippen molar-refractivity contribution < 1.29 is 14.3 Å². The molecule has 0 saturated heterocycles. The van der Waals surface area contributed by atoms with Crippen LogP contribution >= 0.6 is 11.3 Å². The maximum Gasteiger partial charge on any atom is 0.328 e. The number of thiazole rings is 1. The third-order valence-corrected chi connectivity index (χ3v) is 5.94. The number of rotatable bonds is 6. The first-order valence-electron chi connectivity index (χ1n) is 9.56. The third kappa shape index (κ3) is 4.00. The molecule has 1 aromatic carbocycles. The fraction of sp³-hybridized carbons (Fsp3) is 0.318. The maximum absolute atomic E-state index is 14.9. The molecule has 3 aromatic rings. The van der Waals surface area contributed by atoms with E-state index in [9.17, 15) is 14.0 Å². The first-order valence-corrected chi connectivity index (χ1v) is 10.4. The predicted molar refractivity (Wildman–Crippen MR) is 112 cm³/mol. The third-order valence-electron chi connectivity index (χ3n) is 5.08. The number of carboxylic acid groups (broad SMARTS) is 1. The Morgan fingerprint density at radius 3 is 2.79 bits per heavy atom. The topological polar surface area (TPSA) is 72.2 Å². The van der Waals surface area contributed by atoms with Gasteiger partial charge in [-0.3, -0.25) is 4.79 Å². The van der Waals surface area contributed by atoms with Crippen molar-refractivity contribution in [1.29, 1.82) is 0 Å². The number of carboxylic acids is 1. The van der Waals surface area contributed by atoms with Crippen molar-refractivity contribution >= 4 is 34.3 Å². The molecule has 1 aliphatic carbocycles. The minimum absolute atomic E-state index is 0.250. The summed E-state index contributed by atoms with van der Waals surface area (Å²) in [5, 5.41) is 12.0. The van der Waals surface area contributed by atoms with E-state index < -0.39 is 11.8 Å². The molecule has 7 heteroatoms. The Morgan fingerprint density at radius 2 is 2.17 bits per heavy atom. The number of hydrogen-bond donors (Lipinski definition) is 1. The molecule has 1 aliphatic rings. The molecule has 0 bridgehead atoms. The van der Waals surface area contributed by atoms with E-state index in [-0.39, 0.29) is 22.4 Å². The molecule has 0 atom stereocenters. The van der Waals surface area contributed by atoms with Gasteiger partial charge in [0, 0.05) is 41.1 Å². The highest BCUT2D eigenvalue weighted by Gasteiger charge is 2.26. The van der Waals surface area contributed by atoms with Gasteiger partial charge in [0.25, 0.3) is 0 Å². The Labute approximate surface area is 171 Å². The normalized spacial score (nSPS) is 14.3. The first-order chi connectivity index (χ1) is 13.8. The highest BCUT2D eigenvalue weighted by atomic mass is 32.1. The van der Waals surface area contributed by atoms with Crippen LogP contribution in [0.25, 0.3) is 17.0 Å². The van der Waals surface area contributed by atoms with Gasteiger partial charge in [0.2, 0.25) is 0 Å². The molecular formula is C22H21FN2O3S. The number of carbonyl (C=O) groups is 1. The summed E-state index contributed by atoms with van der Waals surface area (Å²) >= 11 is 1.51. The van der Waals surface area contributed by atoms with Gasteiger partial charge in [-0.25, -0.2) is 14.2 Å². The zero-order chi connectivity index (χ0) is 20.7. The Kier molecular flexibility index (Phi) is 5.08. The first kappa shape index (κ1) is 19.5. The summed E-state index contributed by atoms with van der Waals surface area (Å²) in [7, 11) is 0. The van der Waals surface area contributed by atoms with Crippen molar-refractivity contribution in [2.24, 2.45) is 0 Å². The van der Waals surface area contributed by atoms with Gasteiger partial charge >= 0.3 is 5.97 Å². The lowest BCUT2D eigenvalue weighted by molar-refractivity contribution is -0.131. The van der Waals surface area contributed by atoms with Crippen LogP contribution in [0.2, 0.25) is 0 Å².